The van der Waals surface area contributed by atoms with Crippen molar-refractivity contribution in [1.29, 1.82) is 0 Å². The minimum Gasteiger partial charge on any atom is -0.383 e. The van der Waals surface area contributed by atoms with Gasteiger partial charge in [-0.1, -0.05) is 31.5 Å². The normalized spacial score (nSPS) is 10.8. The number of aromatic nitrogens is 2. The molecule has 3 N–H and O–H groups in total. The first-order valence-electron chi connectivity index (χ1n) is 6.43. The lowest BCUT2D eigenvalue weighted by Crippen LogP contribution is -2.07. The zero-order valence-corrected chi connectivity index (χ0v) is 11.9. The van der Waals surface area contributed by atoms with Crippen LogP contribution in [0.3, 0.4) is 0 Å². The van der Waals surface area contributed by atoms with E-state index >= 15 is 0 Å². The van der Waals surface area contributed by atoms with E-state index in [9.17, 15) is 0 Å². The fraction of sp³-hybridized carbons (Fsp3) is 0.333. The zero-order valence-electron chi connectivity index (χ0n) is 11.9. The smallest absolute Gasteiger partial charge is 0.139 e. The molecule has 0 amide bonds. The molecular formula is C15H20N4. The van der Waals surface area contributed by atoms with Gasteiger partial charge in [-0.05, 0) is 31.4 Å². The molecule has 2 aromatic rings. The molecule has 0 radical (unpaired) electrons. The fourth-order valence-electron chi connectivity index (χ4n) is 2.16. The number of aryl methyl sites for hydroxylation is 2. The number of nitrogens with one attached hydrogen (secondary N) is 1. The minimum absolute atomic E-state index is 0.273. The molecule has 0 unspecified atom stereocenters. The first kappa shape index (κ1) is 13.3. The van der Waals surface area contributed by atoms with E-state index in [-0.39, 0.29) is 5.92 Å². The number of benzene rings is 1. The van der Waals surface area contributed by atoms with E-state index in [2.05, 4.69) is 61.2 Å². The predicted molar refractivity (Wildman–Crippen MR) is 79.7 cm³/mol. The highest BCUT2D eigenvalue weighted by atomic mass is 15.0. The lowest BCUT2D eigenvalue weighted by molar-refractivity contribution is 0.855. The average molecular weight is 256 g/mol. The summed E-state index contributed by atoms with van der Waals surface area (Å²) in [5, 5.41) is 3.36. The average Bonchev–Trinajstić information content (AvgIpc) is 2.32. The van der Waals surface area contributed by atoms with Crippen LogP contribution in [0.25, 0.3) is 0 Å². The second kappa shape index (κ2) is 5.26. The number of hydrogen-bond acceptors (Lipinski definition) is 4. The summed E-state index contributed by atoms with van der Waals surface area (Å²) in [6.07, 6.45) is 1.49. The predicted octanol–water partition coefficient (Wildman–Crippen LogP) is 3.54. The van der Waals surface area contributed by atoms with Crippen LogP contribution < -0.4 is 11.1 Å². The summed E-state index contributed by atoms with van der Waals surface area (Å²) in [6, 6.07) is 6.28. The van der Waals surface area contributed by atoms with Gasteiger partial charge in [-0.2, -0.15) is 0 Å². The third-order valence-corrected chi connectivity index (χ3v) is 3.13. The van der Waals surface area contributed by atoms with Crippen molar-refractivity contribution >= 4 is 17.3 Å². The van der Waals surface area contributed by atoms with Gasteiger partial charge in [0.1, 0.15) is 18.0 Å². The van der Waals surface area contributed by atoms with Crippen LogP contribution in [-0.4, -0.2) is 9.97 Å². The second-order valence-electron chi connectivity index (χ2n) is 5.12. The van der Waals surface area contributed by atoms with Crippen molar-refractivity contribution in [2.24, 2.45) is 0 Å². The SMILES string of the molecule is Cc1ccc(Nc2ncnc(N)c2C(C)C)c(C)c1. The Bertz CT molecular complexity index is 591. The number of nitrogens with zero attached hydrogens (tertiary/aromatic N) is 2. The third-order valence-electron chi connectivity index (χ3n) is 3.13. The molecule has 1 aromatic heterocycles. The maximum absolute atomic E-state index is 5.95. The van der Waals surface area contributed by atoms with Crippen molar-refractivity contribution in [1.82, 2.24) is 9.97 Å². The Labute approximate surface area is 114 Å². The van der Waals surface area contributed by atoms with Gasteiger partial charge in [-0.3, -0.25) is 0 Å². The van der Waals surface area contributed by atoms with Gasteiger partial charge in [0.05, 0.1) is 0 Å². The van der Waals surface area contributed by atoms with Crippen LogP contribution in [-0.2, 0) is 0 Å². The fourth-order valence-corrected chi connectivity index (χ4v) is 2.16. The Balaban J connectivity index is 2.41. The van der Waals surface area contributed by atoms with Gasteiger partial charge >= 0.3 is 0 Å². The lowest BCUT2D eigenvalue weighted by Gasteiger charge is -2.16. The number of rotatable bonds is 3. The summed E-state index contributed by atoms with van der Waals surface area (Å²) in [5.74, 6) is 1.60. The number of nitrogen functional groups attached to an aromatic ring is 1. The summed E-state index contributed by atoms with van der Waals surface area (Å²) in [6.45, 7) is 8.33. The van der Waals surface area contributed by atoms with Crippen molar-refractivity contribution in [2.45, 2.75) is 33.6 Å². The summed E-state index contributed by atoms with van der Waals surface area (Å²) in [7, 11) is 0. The molecule has 19 heavy (non-hydrogen) atoms. The van der Waals surface area contributed by atoms with Crippen LogP contribution in [0.5, 0.6) is 0 Å². The Morgan fingerprint density at radius 1 is 1.16 bits per heavy atom. The molecule has 0 saturated heterocycles. The Morgan fingerprint density at radius 2 is 1.89 bits per heavy atom. The Hall–Kier alpha value is -2.10. The largest absolute Gasteiger partial charge is 0.383 e. The first-order valence-corrected chi connectivity index (χ1v) is 6.43. The highest BCUT2D eigenvalue weighted by Gasteiger charge is 2.13. The first-order chi connectivity index (χ1) is 8.99. The molecule has 0 aliphatic rings. The molecular weight excluding hydrogens is 236 g/mol. The molecule has 4 nitrogen and oxygen atoms in total. The molecule has 0 spiro atoms. The molecule has 0 atom stereocenters. The quantitative estimate of drug-likeness (QED) is 0.881. The van der Waals surface area contributed by atoms with E-state index in [1.54, 1.807) is 0 Å². The molecule has 0 aliphatic heterocycles. The molecule has 4 heteroatoms. The number of hydrogen-bond donors (Lipinski definition) is 2. The molecule has 0 aliphatic carbocycles. The monoisotopic (exact) mass is 256 g/mol. The highest BCUT2D eigenvalue weighted by Crippen LogP contribution is 2.29. The van der Waals surface area contributed by atoms with E-state index in [1.807, 2.05) is 0 Å². The summed E-state index contributed by atoms with van der Waals surface area (Å²) in [5.41, 5.74) is 10.4. The highest BCUT2D eigenvalue weighted by molar-refractivity contribution is 5.67. The topological polar surface area (TPSA) is 63.8 Å². The van der Waals surface area contributed by atoms with Crippen LogP contribution >= 0.6 is 0 Å². The summed E-state index contributed by atoms with van der Waals surface area (Å²) >= 11 is 0. The van der Waals surface area contributed by atoms with Crippen LogP contribution in [0, 0.1) is 13.8 Å². The molecule has 0 fully saturated rings. The Morgan fingerprint density at radius 3 is 2.53 bits per heavy atom. The summed E-state index contributed by atoms with van der Waals surface area (Å²) in [4.78, 5) is 8.38. The molecule has 0 bridgehead atoms. The van der Waals surface area contributed by atoms with Gasteiger partial charge in [0.15, 0.2) is 0 Å². The standard InChI is InChI=1S/C15H20N4/c1-9(2)13-14(16)17-8-18-15(13)19-12-6-5-10(3)7-11(12)4/h5-9H,1-4H3,(H3,16,17,18,19). The van der Waals surface area contributed by atoms with E-state index in [0.29, 0.717) is 5.82 Å². The van der Waals surface area contributed by atoms with Gasteiger partial charge in [-0.25, -0.2) is 9.97 Å². The van der Waals surface area contributed by atoms with Gasteiger partial charge < -0.3 is 11.1 Å². The zero-order chi connectivity index (χ0) is 14.0. The van der Waals surface area contributed by atoms with Gasteiger partial charge in [0.25, 0.3) is 0 Å². The molecule has 1 heterocycles. The van der Waals surface area contributed by atoms with Crippen molar-refractivity contribution in [2.75, 3.05) is 11.1 Å². The van der Waals surface area contributed by atoms with E-state index in [0.717, 1.165) is 17.1 Å². The van der Waals surface area contributed by atoms with Crippen LogP contribution in [0.15, 0.2) is 24.5 Å². The van der Waals surface area contributed by atoms with Gasteiger partial charge in [0.2, 0.25) is 0 Å². The number of nitrogens with two attached hydrogens (primary N) is 1. The van der Waals surface area contributed by atoms with Crippen LogP contribution in [0.4, 0.5) is 17.3 Å². The molecule has 0 saturated carbocycles. The maximum Gasteiger partial charge on any atom is 0.139 e. The molecule has 1 aromatic carbocycles. The van der Waals surface area contributed by atoms with E-state index < -0.39 is 0 Å². The van der Waals surface area contributed by atoms with Crippen molar-refractivity contribution in [3.63, 3.8) is 0 Å². The maximum atomic E-state index is 5.95. The van der Waals surface area contributed by atoms with Gasteiger partial charge in [-0.15, -0.1) is 0 Å². The van der Waals surface area contributed by atoms with Crippen LogP contribution in [0.2, 0.25) is 0 Å². The van der Waals surface area contributed by atoms with Crippen molar-refractivity contribution in [3.8, 4) is 0 Å². The molecule has 2 rings (SSSR count). The van der Waals surface area contributed by atoms with Crippen molar-refractivity contribution in [3.05, 3.63) is 41.2 Å². The second-order valence-corrected chi connectivity index (χ2v) is 5.12. The molecule has 100 valence electrons. The Kier molecular flexibility index (Phi) is 3.69. The third kappa shape index (κ3) is 2.84. The van der Waals surface area contributed by atoms with E-state index in [1.165, 1.54) is 17.5 Å². The number of anilines is 3. The minimum atomic E-state index is 0.273. The summed E-state index contributed by atoms with van der Waals surface area (Å²) < 4.78 is 0. The van der Waals surface area contributed by atoms with Crippen LogP contribution in [0.1, 0.15) is 36.5 Å². The van der Waals surface area contributed by atoms with E-state index in [4.69, 9.17) is 5.73 Å². The lowest BCUT2D eigenvalue weighted by atomic mass is 10.0. The van der Waals surface area contributed by atoms with Crippen molar-refractivity contribution < 1.29 is 0 Å². The van der Waals surface area contributed by atoms with Gasteiger partial charge in [0, 0.05) is 11.3 Å².